The lowest BCUT2D eigenvalue weighted by Crippen LogP contribution is -2.31. The topological polar surface area (TPSA) is 38.3 Å². The van der Waals surface area contributed by atoms with Gasteiger partial charge in [0.15, 0.2) is 0 Å². The molecule has 0 aliphatic rings. The average molecular weight is 254 g/mol. The molecule has 92 valence electrons. The summed E-state index contributed by atoms with van der Waals surface area (Å²) in [5.74, 6) is -0.309. The number of esters is 1. The second-order valence-corrected chi connectivity index (χ2v) is 4.03. The van der Waals surface area contributed by atoms with Crippen molar-refractivity contribution in [2.45, 2.75) is 13.0 Å². The number of rotatable bonds is 6. The van der Waals surface area contributed by atoms with Crippen molar-refractivity contribution < 1.29 is 9.53 Å². The van der Waals surface area contributed by atoms with Gasteiger partial charge in [-0.25, -0.2) is 4.79 Å². The van der Waals surface area contributed by atoms with E-state index in [1.165, 1.54) is 0 Å². The van der Waals surface area contributed by atoms with Gasteiger partial charge in [0.2, 0.25) is 0 Å². The molecule has 0 aliphatic carbocycles. The zero-order chi connectivity index (χ0) is 12.7. The Labute approximate surface area is 106 Å². The Hall–Kier alpha value is -1.32. The van der Waals surface area contributed by atoms with Crippen LogP contribution in [0.3, 0.4) is 0 Å². The van der Waals surface area contributed by atoms with Gasteiger partial charge in [-0.05, 0) is 12.5 Å². The Morgan fingerprint density at radius 2 is 2.12 bits per heavy atom. The monoisotopic (exact) mass is 253 g/mol. The van der Waals surface area contributed by atoms with Gasteiger partial charge in [-0.15, -0.1) is 0 Å². The van der Waals surface area contributed by atoms with E-state index in [0.29, 0.717) is 18.2 Å². The van der Waals surface area contributed by atoms with E-state index in [0.717, 1.165) is 5.56 Å². The van der Waals surface area contributed by atoms with Crippen molar-refractivity contribution in [2.75, 3.05) is 13.2 Å². The van der Waals surface area contributed by atoms with Crippen LogP contribution in [0.5, 0.6) is 0 Å². The summed E-state index contributed by atoms with van der Waals surface area (Å²) in [5, 5.41) is 3.47. The molecule has 1 N–H and O–H groups in total. The normalized spacial score (nSPS) is 11.9. The fourth-order valence-electron chi connectivity index (χ4n) is 1.42. The summed E-state index contributed by atoms with van der Waals surface area (Å²) >= 11 is 5.68. The summed E-state index contributed by atoms with van der Waals surface area (Å²) in [7, 11) is 0. The highest BCUT2D eigenvalue weighted by atomic mass is 35.5. The summed E-state index contributed by atoms with van der Waals surface area (Å²) in [6.45, 7) is 6.07. The molecular formula is C13H16ClNO2. The number of carbonyl (C=O) groups is 1. The lowest BCUT2D eigenvalue weighted by Gasteiger charge is -2.17. The molecule has 0 aliphatic heterocycles. The highest BCUT2D eigenvalue weighted by Gasteiger charge is 2.20. The van der Waals surface area contributed by atoms with E-state index in [1.54, 1.807) is 6.92 Å². The van der Waals surface area contributed by atoms with E-state index in [4.69, 9.17) is 16.3 Å². The molecule has 1 aromatic rings. The fourth-order valence-corrected chi connectivity index (χ4v) is 1.50. The Balaban J connectivity index is 2.78. The minimum atomic E-state index is -0.508. The van der Waals surface area contributed by atoms with E-state index in [-0.39, 0.29) is 5.97 Å². The molecule has 0 amide bonds. The molecule has 4 heteroatoms. The average Bonchev–Trinajstić information content (AvgIpc) is 2.30. The maximum atomic E-state index is 11.8. The van der Waals surface area contributed by atoms with Crippen LogP contribution < -0.4 is 5.32 Å². The van der Waals surface area contributed by atoms with E-state index in [2.05, 4.69) is 11.9 Å². The van der Waals surface area contributed by atoms with Gasteiger partial charge in [-0.2, -0.15) is 0 Å². The first kappa shape index (κ1) is 13.7. The van der Waals surface area contributed by atoms with E-state index in [9.17, 15) is 4.79 Å². The van der Waals surface area contributed by atoms with Crippen molar-refractivity contribution in [1.82, 2.24) is 5.32 Å². The highest BCUT2D eigenvalue weighted by molar-refractivity contribution is 6.29. The van der Waals surface area contributed by atoms with Crippen LogP contribution in [0.2, 0.25) is 0 Å². The van der Waals surface area contributed by atoms with Gasteiger partial charge in [-0.3, -0.25) is 5.32 Å². The molecule has 0 fully saturated rings. The summed E-state index contributed by atoms with van der Waals surface area (Å²) in [6, 6.07) is 8.87. The Morgan fingerprint density at radius 1 is 1.47 bits per heavy atom. The largest absolute Gasteiger partial charge is 0.465 e. The zero-order valence-corrected chi connectivity index (χ0v) is 10.5. The van der Waals surface area contributed by atoms with Gasteiger partial charge in [0, 0.05) is 11.6 Å². The van der Waals surface area contributed by atoms with Crippen LogP contribution in [0, 0.1) is 0 Å². The molecule has 0 saturated carbocycles. The lowest BCUT2D eigenvalue weighted by atomic mass is 10.1. The van der Waals surface area contributed by atoms with Crippen molar-refractivity contribution in [2.24, 2.45) is 0 Å². The third kappa shape index (κ3) is 4.59. The maximum Gasteiger partial charge on any atom is 0.327 e. The Morgan fingerprint density at radius 3 is 2.65 bits per heavy atom. The van der Waals surface area contributed by atoms with Gasteiger partial charge >= 0.3 is 5.97 Å². The number of hydrogen-bond donors (Lipinski definition) is 1. The first-order valence-corrected chi connectivity index (χ1v) is 5.81. The third-order valence-corrected chi connectivity index (χ3v) is 2.29. The minimum Gasteiger partial charge on any atom is -0.465 e. The molecular weight excluding hydrogens is 238 g/mol. The number of carbonyl (C=O) groups excluding carboxylic acids is 1. The first-order valence-electron chi connectivity index (χ1n) is 5.43. The number of ether oxygens (including phenoxy) is 1. The van der Waals surface area contributed by atoms with Crippen LogP contribution in [-0.2, 0) is 9.53 Å². The molecule has 1 atom stereocenters. The standard InChI is InChI=1S/C13H16ClNO2/c1-3-17-13(16)12(15-9-10(2)14)11-7-5-4-6-8-11/h4-8,12,15H,2-3,9H2,1H3. The second-order valence-electron chi connectivity index (χ2n) is 3.49. The summed E-state index contributed by atoms with van der Waals surface area (Å²) in [6.07, 6.45) is 0. The summed E-state index contributed by atoms with van der Waals surface area (Å²) in [5.41, 5.74) is 0.851. The number of halogens is 1. The summed E-state index contributed by atoms with van der Waals surface area (Å²) < 4.78 is 5.02. The molecule has 0 radical (unpaired) electrons. The molecule has 0 aromatic heterocycles. The number of benzene rings is 1. The fraction of sp³-hybridized carbons (Fsp3) is 0.308. The number of nitrogens with one attached hydrogen (secondary N) is 1. The Bertz CT molecular complexity index is 378. The van der Waals surface area contributed by atoms with Crippen molar-refractivity contribution in [1.29, 1.82) is 0 Å². The predicted octanol–water partition coefficient (Wildman–Crippen LogP) is 2.63. The maximum absolute atomic E-state index is 11.8. The molecule has 0 spiro atoms. The molecule has 0 saturated heterocycles. The predicted molar refractivity (Wildman–Crippen MR) is 68.8 cm³/mol. The smallest absolute Gasteiger partial charge is 0.327 e. The molecule has 17 heavy (non-hydrogen) atoms. The molecule has 1 unspecified atom stereocenters. The van der Waals surface area contributed by atoms with E-state index < -0.39 is 6.04 Å². The van der Waals surface area contributed by atoms with Gasteiger partial charge in [0.1, 0.15) is 6.04 Å². The molecule has 3 nitrogen and oxygen atoms in total. The van der Waals surface area contributed by atoms with Crippen molar-refractivity contribution >= 4 is 17.6 Å². The minimum absolute atomic E-state index is 0.309. The molecule has 0 bridgehead atoms. The molecule has 1 aromatic carbocycles. The van der Waals surface area contributed by atoms with Crippen molar-refractivity contribution in [3.8, 4) is 0 Å². The third-order valence-electron chi connectivity index (χ3n) is 2.15. The van der Waals surface area contributed by atoms with Crippen LogP contribution >= 0.6 is 11.6 Å². The molecule has 0 heterocycles. The van der Waals surface area contributed by atoms with Crippen LogP contribution in [0.15, 0.2) is 41.9 Å². The zero-order valence-electron chi connectivity index (χ0n) is 9.78. The summed E-state index contributed by atoms with van der Waals surface area (Å²) in [4.78, 5) is 11.8. The van der Waals surface area contributed by atoms with Crippen molar-refractivity contribution in [3.63, 3.8) is 0 Å². The lowest BCUT2D eigenvalue weighted by molar-refractivity contribution is -0.145. The van der Waals surface area contributed by atoms with Crippen LogP contribution in [0.1, 0.15) is 18.5 Å². The Kier molecular flexibility index (Phi) is 5.73. The highest BCUT2D eigenvalue weighted by Crippen LogP contribution is 2.15. The van der Waals surface area contributed by atoms with Gasteiger partial charge in [0.05, 0.1) is 6.61 Å². The van der Waals surface area contributed by atoms with Crippen LogP contribution in [0.25, 0.3) is 0 Å². The van der Waals surface area contributed by atoms with Crippen LogP contribution in [-0.4, -0.2) is 19.1 Å². The number of hydrogen-bond acceptors (Lipinski definition) is 3. The van der Waals surface area contributed by atoms with E-state index in [1.807, 2.05) is 30.3 Å². The van der Waals surface area contributed by atoms with Crippen LogP contribution in [0.4, 0.5) is 0 Å². The SMILES string of the molecule is C=C(Cl)CNC(C(=O)OCC)c1ccccc1. The van der Waals surface area contributed by atoms with Gasteiger partial charge in [-0.1, -0.05) is 48.5 Å². The van der Waals surface area contributed by atoms with Gasteiger partial charge < -0.3 is 4.74 Å². The quantitative estimate of drug-likeness (QED) is 0.792. The second kappa shape index (κ2) is 7.09. The molecule has 1 rings (SSSR count). The van der Waals surface area contributed by atoms with E-state index >= 15 is 0 Å². The first-order chi connectivity index (χ1) is 8.15. The van der Waals surface area contributed by atoms with Gasteiger partial charge in [0.25, 0.3) is 0 Å². The van der Waals surface area contributed by atoms with Crippen molar-refractivity contribution in [3.05, 3.63) is 47.5 Å².